The highest BCUT2D eigenvalue weighted by Crippen LogP contribution is 2.33. The van der Waals surface area contributed by atoms with Gasteiger partial charge in [0.1, 0.15) is 0 Å². The van der Waals surface area contributed by atoms with Crippen LogP contribution < -0.4 is 0 Å². The molecule has 0 bridgehead atoms. The average molecular weight is 407 g/mol. The molecule has 2 aromatic carbocycles. The van der Waals surface area contributed by atoms with E-state index in [9.17, 15) is 23.4 Å². The summed E-state index contributed by atoms with van der Waals surface area (Å²) in [7, 11) is 0. The van der Waals surface area contributed by atoms with Crippen molar-refractivity contribution in [3.63, 3.8) is 0 Å². The fourth-order valence-electron chi connectivity index (χ4n) is 3.94. The number of aliphatic hydroxyl groups is 2. The molecule has 0 aromatic heterocycles. The lowest BCUT2D eigenvalue weighted by Crippen LogP contribution is -2.49. The molecular formula is C23H28F3NO2. The summed E-state index contributed by atoms with van der Waals surface area (Å²) < 4.78 is 38.5. The third-order valence-corrected chi connectivity index (χ3v) is 5.61. The van der Waals surface area contributed by atoms with Crippen LogP contribution in [0.3, 0.4) is 0 Å². The lowest BCUT2D eigenvalue weighted by molar-refractivity contribution is -0.137. The topological polar surface area (TPSA) is 43.7 Å². The van der Waals surface area contributed by atoms with Gasteiger partial charge in [-0.2, -0.15) is 13.2 Å². The van der Waals surface area contributed by atoms with Crippen LogP contribution >= 0.6 is 0 Å². The number of hydrogen-bond donors (Lipinski definition) is 2. The summed E-state index contributed by atoms with van der Waals surface area (Å²) in [5.74, 6) is 0. The van der Waals surface area contributed by atoms with Crippen LogP contribution in [0.4, 0.5) is 13.2 Å². The van der Waals surface area contributed by atoms with Crippen molar-refractivity contribution >= 4 is 0 Å². The summed E-state index contributed by atoms with van der Waals surface area (Å²) in [6.45, 7) is 5.55. The van der Waals surface area contributed by atoms with Crippen LogP contribution in [0.5, 0.6) is 0 Å². The van der Waals surface area contributed by atoms with Gasteiger partial charge < -0.3 is 15.1 Å². The molecule has 0 radical (unpaired) electrons. The maximum Gasteiger partial charge on any atom is 0.416 e. The summed E-state index contributed by atoms with van der Waals surface area (Å²) in [6, 6.07) is 12.6. The fraction of sp³-hybridized carbons (Fsp3) is 0.478. The number of nitrogens with zero attached hydrogens (tertiary/aromatic N) is 1. The van der Waals surface area contributed by atoms with E-state index in [4.69, 9.17) is 0 Å². The Morgan fingerprint density at radius 2 is 1.59 bits per heavy atom. The van der Waals surface area contributed by atoms with Gasteiger partial charge >= 0.3 is 6.18 Å². The largest absolute Gasteiger partial charge is 0.416 e. The summed E-state index contributed by atoms with van der Waals surface area (Å²) >= 11 is 0. The van der Waals surface area contributed by atoms with Crippen LogP contribution in [0.1, 0.15) is 37.8 Å². The minimum absolute atomic E-state index is 0.386. The van der Waals surface area contributed by atoms with Gasteiger partial charge in [0.05, 0.1) is 16.8 Å². The SMILES string of the molecule is CC1(O)CCN(CC(C)(O)Cc2ccccc2-c2ccc(C(F)(F)F)cc2)CC1. The van der Waals surface area contributed by atoms with Crippen molar-refractivity contribution in [1.29, 1.82) is 0 Å². The van der Waals surface area contributed by atoms with Gasteiger partial charge in [0.25, 0.3) is 0 Å². The standard InChI is InChI=1S/C23H28F3NO2/c1-21(28)11-13-27(14-12-21)16-22(2,29)15-18-5-3-4-6-20(18)17-7-9-19(10-8-17)23(24,25)26/h3-10,28-29H,11-16H2,1-2H3. The van der Waals surface area contributed by atoms with Crippen LogP contribution in [-0.4, -0.2) is 45.9 Å². The Bertz CT molecular complexity index is 819. The second kappa shape index (κ2) is 8.09. The molecule has 1 fully saturated rings. The molecule has 1 heterocycles. The second-order valence-electron chi connectivity index (χ2n) is 8.68. The Labute approximate surface area is 169 Å². The summed E-state index contributed by atoms with van der Waals surface area (Å²) in [5, 5.41) is 21.1. The number of likely N-dealkylation sites (tertiary alicyclic amines) is 1. The Kier molecular flexibility index (Phi) is 6.08. The van der Waals surface area contributed by atoms with Crippen LogP contribution in [0, 0.1) is 0 Å². The number of halogens is 3. The number of alkyl halides is 3. The molecule has 1 atom stereocenters. The highest BCUT2D eigenvalue weighted by Gasteiger charge is 2.32. The lowest BCUT2D eigenvalue weighted by Gasteiger charge is -2.39. The van der Waals surface area contributed by atoms with E-state index in [0.717, 1.165) is 36.3 Å². The number of β-amino-alcohol motifs (C(OH)–C–C–N with tert-alkyl or cyclic N) is 1. The van der Waals surface area contributed by atoms with E-state index in [1.807, 2.05) is 31.2 Å². The van der Waals surface area contributed by atoms with E-state index in [2.05, 4.69) is 4.90 Å². The number of benzene rings is 2. The molecule has 1 unspecified atom stereocenters. The van der Waals surface area contributed by atoms with Gasteiger partial charge in [0, 0.05) is 26.1 Å². The van der Waals surface area contributed by atoms with Crippen LogP contribution in [0.25, 0.3) is 11.1 Å². The van der Waals surface area contributed by atoms with E-state index < -0.39 is 22.9 Å². The molecule has 29 heavy (non-hydrogen) atoms. The molecule has 0 aliphatic carbocycles. The average Bonchev–Trinajstić information content (AvgIpc) is 2.63. The molecule has 1 aliphatic heterocycles. The fourth-order valence-corrected chi connectivity index (χ4v) is 3.94. The predicted octanol–water partition coefficient (Wildman–Crippen LogP) is 4.51. The Hall–Kier alpha value is -1.89. The molecule has 1 aliphatic rings. The van der Waals surface area contributed by atoms with Crippen molar-refractivity contribution < 1.29 is 23.4 Å². The van der Waals surface area contributed by atoms with E-state index >= 15 is 0 Å². The quantitative estimate of drug-likeness (QED) is 0.766. The normalized spacial score (nSPS) is 19.7. The first-order chi connectivity index (χ1) is 13.5. The summed E-state index contributed by atoms with van der Waals surface area (Å²) in [4.78, 5) is 2.15. The number of rotatable bonds is 5. The van der Waals surface area contributed by atoms with Crippen molar-refractivity contribution in [2.45, 2.75) is 50.5 Å². The molecule has 0 saturated carbocycles. The van der Waals surface area contributed by atoms with Crippen molar-refractivity contribution in [2.75, 3.05) is 19.6 Å². The Morgan fingerprint density at radius 3 is 2.17 bits per heavy atom. The zero-order chi connectivity index (χ0) is 21.3. The predicted molar refractivity (Wildman–Crippen MR) is 108 cm³/mol. The van der Waals surface area contributed by atoms with Gasteiger partial charge in [0.2, 0.25) is 0 Å². The van der Waals surface area contributed by atoms with Crippen molar-refractivity contribution in [2.24, 2.45) is 0 Å². The number of hydrogen-bond acceptors (Lipinski definition) is 3. The minimum atomic E-state index is -4.36. The van der Waals surface area contributed by atoms with Gasteiger partial charge in [-0.05, 0) is 55.5 Å². The number of piperidine rings is 1. The zero-order valence-electron chi connectivity index (χ0n) is 16.8. The molecule has 3 nitrogen and oxygen atoms in total. The first-order valence-corrected chi connectivity index (χ1v) is 9.88. The molecule has 1 saturated heterocycles. The van der Waals surface area contributed by atoms with Crippen LogP contribution in [-0.2, 0) is 12.6 Å². The second-order valence-corrected chi connectivity index (χ2v) is 8.68. The highest BCUT2D eigenvalue weighted by molar-refractivity contribution is 5.67. The summed E-state index contributed by atoms with van der Waals surface area (Å²) in [6.07, 6.45) is -2.63. The third kappa shape index (κ3) is 5.81. The van der Waals surface area contributed by atoms with E-state index in [1.165, 1.54) is 12.1 Å². The van der Waals surface area contributed by atoms with E-state index in [0.29, 0.717) is 31.4 Å². The molecule has 2 aromatic rings. The Morgan fingerprint density at radius 1 is 1.00 bits per heavy atom. The van der Waals surface area contributed by atoms with Crippen molar-refractivity contribution in [3.8, 4) is 11.1 Å². The van der Waals surface area contributed by atoms with Crippen molar-refractivity contribution in [1.82, 2.24) is 4.90 Å². The molecule has 158 valence electrons. The first-order valence-electron chi connectivity index (χ1n) is 9.88. The first kappa shape index (κ1) is 21.8. The van der Waals surface area contributed by atoms with E-state index in [1.54, 1.807) is 6.92 Å². The minimum Gasteiger partial charge on any atom is -0.390 e. The van der Waals surface area contributed by atoms with Gasteiger partial charge in [-0.3, -0.25) is 0 Å². The molecular weight excluding hydrogens is 379 g/mol. The molecule has 0 amide bonds. The highest BCUT2D eigenvalue weighted by atomic mass is 19.4. The van der Waals surface area contributed by atoms with Gasteiger partial charge in [-0.25, -0.2) is 0 Å². The van der Waals surface area contributed by atoms with Gasteiger partial charge in [0.15, 0.2) is 0 Å². The molecule has 2 N–H and O–H groups in total. The van der Waals surface area contributed by atoms with E-state index in [-0.39, 0.29) is 0 Å². The zero-order valence-corrected chi connectivity index (χ0v) is 16.8. The smallest absolute Gasteiger partial charge is 0.390 e. The van der Waals surface area contributed by atoms with Crippen molar-refractivity contribution in [3.05, 3.63) is 59.7 Å². The lowest BCUT2D eigenvalue weighted by atomic mass is 9.88. The summed E-state index contributed by atoms with van der Waals surface area (Å²) in [5.41, 5.74) is 0.0948. The Balaban J connectivity index is 1.75. The molecule has 6 heteroatoms. The van der Waals surface area contributed by atoms with Crippen LogP contribution in [0.2, 0.25) is 0 Å². The molecule has 3 rings (SSSR count). The van der Waals surface area contributed by atoms with Gasteiger partial charge in [-0.1, -0.05) is 36.4 Å². The van der Waals surface area contributed by atoms with Gasteiger partial charge in [-0.15, -0.1) is 0 Å². The maximum atomic E-state index is 12.8. The monoisotopic (exact) mass is 407 g/mol. The molecule has 0 spiro atoms. The van der Waals surface area contributed by atoms with Crippen LogP contribution in [0.15, 0.2) is 48.5 Å². The third-order valence-electron chi connectivity index (χ3n) is 5.61. The maximum absolute atomic E-state index is 12.8.